The quantitative estimate of drug-likeness (QED) is 0.169. The first-order valence-corrected chi connectivity index (χ1v) is 19.5. The lowest BCUT2D eigenvalue weighted by atomic mass is 9.67. The Labute approximate surface area is 314 Å². The lowest BCUT2D eigenvalue weighted by Gasteiger charge is -2.36. The van der Waals surface area contributed by atoms with Crippen LogP contribution in [0.2, 0.25) is 0 Å². The summed E-state index contributed by atoms with van der Waals surface area (Å²) in [4.78, 5) is 2.47. The van der Waals surface area contributed by atoms with Gasteiger partial charge in [0.2, 0.25) is 0 Å². The van der Waals surface area contributed by atoms with Crippen molar-refractivity contribution in [2.75, 3.05) is 4.90 Å². The maximum Gasteiger partial charge on any atom is 0.0714 e. The molecule has 1 saturated carbocycles. The van der Waals surface area contributed by atoms with Crippen LogP contribution in [0.4, 0.5) is 17.1 Å². The molecule has 3 aliphatic carbocycles. The molecule has 1 atom stereocenters. The SMILES string of the molecule is CC1(C)c2ccccc2-c2ccc(N(c3ccccc3)c3ccc4c(c3)C(c3ccccc3)(c3cccc(C5CCCCC5)c3)c3ccccc3-4)cc21. The maximum atomic E-state index is 2.57. The van der Waals surface area contributed by atoms with Gasteiger partial charge in [0.15, 0.2) is 0 Å². The van der Waals surface area contributed by atoms with Gasteiger partial charge in [0.05, 0.1) is 5.41 Å². The number of rotatable bonds is 6. The Bertz CT molecular complexity index is 2470. The normalized spacial score (nSPS) is 18.2. The first-order chi connectivity index (χ1) is 26.0. The summed E-state index contributed by atoms with van der Waals surface area (Å²) in [6, 6.07) is 64.3. The summed E-state index contributed by atoms with van der Waals surface area (Å²) in [6.07, 6.45) is 6.59. The second kappa shape index (κ2) is 12.5. The van der Waals surface area contributed by atoms with Crippen molar-refractivity contribution in [2.24, 2.45) is 0 Å². The monoisotopic (exact) mass is 683 g/mol. The molecule has 0 N–H and O–H groups in total. The Balaban J connectivity index is 1.21. The molecule has 0 saturated heterocycles. The van der Waals surface area contributed by atoms with E-state index in [-0.39, 0.29) is 5.41 Å². The highest BCUT2D eigenvalue weighted by molar-refractivity contribution is 5.90. The van der Waals surface area contributed by atoms with Gasteiger partial charge in [-0.05, 0) is 116 Å². The molecule has 0 spiro atoms. The Kier molecular flexibility index (Phi) is 7.55. The van der Waals surface area contributed by atoms with Gasteiger partial charge in [0.1, 0.15) is 0 Å². The van der Waals surface area contributed by atoms with E-state index in [2.05, 4.69) is 189 Å². The third kappa shape index (κ3) is 4.90. The minimum Gasteiger partial charge on any atom is -0.310 e. The highest BCUT2D eigenvalue weighted by Gasteiger charge is 2.46. The molecule has 7 aromatic carbocycles. The van der Waals surface area contributed by atoms with Crippen molar-refractivity contribution in [1.29, 1.82) is 0 Å². The van der Waals surface area contributed by atoms with E-state index in [1.807, 2.05) is 0 Å². The first-order valence-electron chi connectivity index (χ1n) is 19.5. The van der Waals surface area contributed by atoms with Crippen LogP contribution in [0.3, 0.4) is 0 Å². The molecule has 3 aliphatic rings. The summed E-state index contributed by atoms with van der Waals surface area (Å²) in [5, 5.41) is 0. The molecule has 0 bridgehead atoms. The number of para-hydroxylation sites is 1. The number of hydrogen-bond donors (Lipinski definition) is 0. The van der Waals surface area contributed by atoms with Gasteiger partial charge in [-0.15, -0.1) is 0 Å². The fourth-order valence-electron chi connectivity index (χ4n) is 10.2. The molecule has 53 heavy (non-hydrogen) atoms. The van der Waals surface area contributed by atoms with Crippen LogP contribution in [0.5, 0.6) is 0 Å². The Morgan fingerprint density at radius 1 is 0.415 bits per heavy atom. The van der Waals surface area contributed by atoms with Gasteiger partial charge in [-0.1, -0.05) is 167 Å². The zero-order chi connectivity index (χ0) is 35.6. The van der Waals surface area contributed by atoms with E-state index in [9.17, 15) is 0 Å². The van der Waals surface area contributed by atoms with Crippen LogP contribution in [0.25, 0.3) is 22.3 Å². The van der Waals surface area contributed by atoms with E-state index < -0.39 is 5.41 Å². The summed E-state index contributed by atoms with van der Waals surface area (Å²) in [7, 11) is 0. The third-order valence-corrected chi connectivity index (χ3v) is 12.7. The number of hydrogen-bond acceptors (Lipinski definition) is 1. The maximum absolute atomic E-state index is 2.57. The third-order valence-electron chi connectivity index (χ3n) is 12.7. The molecule has 258 valence electrons. The van der Waals surface area contributed by atoms with Crippen molar-refractivity contribution >= 4 is 17.1 Å². The summed E-state index contributed by atoms with van der Waals surface area (Å²) < 4.78 is 0. The van der Waals surface area contributed by atoms with Crippen LogP contribution in [-0.4, -0.2) is 0 Å². The van der Waals surface area contributed by atoms with E-state index in [4.69, 9.17) is 0 Å². The average molecular weight is 684 g/mol. The van der Waals surface area contributed by atoms with Gasteiger partial charge in [-0.2, -0.15) is 0 Å². The highest BCUT2D eigenvalue weighted by Crippen LogP contribution is 2.58. The molecular weight excluding hydrogens is 639 g/mol. The zero-order valence-electron chi connectivity index (χ0n) is 30.7. The van der Waals surface area contributed by atoms with Crippen molar-refractivity contribution in [1.82, 2.24) is 0 Å². The van der Waals surface area contributed by atoms with Gasteiger partial charge in [-0.3, -0.25) is 0 Å². The molecule has 7 aromatic rings. The summed E-state index contributed by atoms with van der Waals surface area (Å²) in [5.41, 5.74) is 17.9. The van der Waals surface area contributed by atoms with Crippen molar-refractivity contribution in [3.05, 3.63) is 209 Å². The number of nitrogens with zero attached hydrogens (tertiary/aromatic N) is 1. The predicted octanol–water partition coefficient (Wildman–Crippen LogP) is 13.9. The van der Waals surface area contributed by atoms with Crippen LogP contribution >= 0.6 is 0 Å². The van der Waals surface area contributed by atoms with Crippen LogP contribution in [0.15, 0.2) is 170 Å². The summed E-state index contributed by atoms with van der Waals surface area (Å²) >= 11 is 0. The standard InChI is InChI=1S/C52H45N/c1-51(2)47-27-14-12-25-43(47)45-31-29-41(34-49(45)51)53(40-23-10-5-11-24-40)42-30-32-46-44-26-13-15-28-48(44)52(50(46)35-42,38-20-8-4-9-21-38)39-22-16-19-37(33-39)36-17-6-3-7-18-36/h4-5,8-16,19-36H,3,6-7,17-18H2,1-2H3. The molecule has 0 amide bonds. The van der Waals surface area contributed by atoms with Gasteiger partial charge in [-0.25, -0.2) is 0 Å². The molecule has 1 fully saturated rings. The number of anilines is 3. The lowest BCUT2D eigenvalue weighted by Crippen LogP contribution is -2.29. The average Bonchev–Trinajstić information content (AvgIpc) is 3.64. The molecular formula is C52H45N. The van der Waals surface area contributed by atoms with E-state index in [1.165, 1.54) is 105 Å². The van der Waals surface area contributed by atoms with E-state index >= 15 is 0 Å². The van der Waals surface area contributed by atoms with Gasteiger partial charge < -0.3 is 4.90 Å². The van der Waals surface area contributed by atoms with Crippen LogP contribution in [0.1, 0.15) is 90.8 Å². The Morgan fingerprint density at radius 3 is 1.68 bits per heavy atom. The second-order valence-corrected chi connectivity index (χ2v) is 15.9. The fourth-order valence-corrected chi connectivity index (χ4v) is 10.2. The largest absolute Gasteiger partial charge is 0.310 e. The van der Waals surface area contributed by atoms with Crippen LogP contribution < -0.4 is 4.90 Å². The molecule has 0 aromatic heterocycles. The first kappa shape index (κ1) is 32.0. The smallest absolute Gasteiger partial charge is 0.0714 e. The number of benzene rings is 7. The molecule has 0 radical (unpaired) electrons. The van der Waals surface area contributed by atoms with Gasteiger partial charge in [0.25, 0.3) is 0 Å². The Hall–Kier alpha value is -5.66. The molecule has 1 heteroatoms. The van der Waals surface area contributed by atoms with Gasteiger partial charge in [0, 0.05) is 22.5 Å². The van der Waals surface area contributed by atoms with E-state index in [0.717, 1.165) is 5.69 Å². The molecule has 0 heterocycles. The molecule has 1 unspecified atom stereocenters. The summed E-state index contributed by atoms with van der Waals surface area (Å²) in [5.74, 6) is 0.628. The van der Waals surface area contributed by atoms with E-state index in [0.29, 0.717) is 5.92 Å². The lowest BCUT2D eigenvalue weighted by molar-refractivity contribution is 0.443. The van der Waals surface area contributed by atoms with Gasteiger partial charge >= 0.3 is 0 Å². The van der Waals surface area contributed by atoms with E-state index in [1.54, 1.807) is 0 Å². The topological polar surface area (TPSA) is 3.24 Å². The van der Waals surface area contributed by atoms with Crippen molar-refractivity contribution in [3.8, 4) is 22.3 Å². The minimum atomic E-state index is -0.461. The minimum absolute atomic E-state index is 0.0876. The fraction of sp³-hybridized carbons (Fsp3) is 0.192. The number of fused-ring (bicyclic) bond motifs is 6. The van der Waals surface area contributed by atoms with Crippen molar-refractivity contribution in [3.63, 3.8) is 0 Å². The van der Waals surface area contributed by atoms with Crippen molar-refractivity contribution < 1.29 is 0 Å². The zero-order valence-corrected chi connectivity index (χ0v) is 30.7. The Morgan fingerprint density at radius 2 is 0.962 bits per heavy atom. The molecule has 1 nitrogen and oxygen atoms in total. The second-order valence-electron chi connectivity index (χ2n) is 15.9. The van der Waals surface area contributed by atoms with Crippen molar-refractivity contribution in [2.45, 2.75) is 62.7 Å². The predicted molar refractivity (Wildman–Crippen MR) is 222 cm³/mol. The molecule has 10 rings (SSSR count). The molecule has 0 aliphatic heterocycles. The van der Waals surface area contributed by atoms with Crippen LogP contribution in [0, 0.1) is 0 Å². The highest BCUT2D eigenvalue weighted by atomic mass is 15.1. The van der Waals surface area contributed by atoms with Crippen LogP contribution in [-0.2, 0) is 10.8 Å². The summed E-state index contributed by atoms with van der Waals surface area (Å²) in [6.45, 7) is 4.74.